The number of hydrogen-bond acceptors (Lipinski definition) is 7. The number of anilines is 1. The fraction of sp³-hybridized carbons (Fsp3) is 0.524. The van der Waals surface area contributed by atoms with Crippen LogP contribution in [0, 0.1) is 17.2 Å². The number of rotatable bonds is 9. The third kappa shape index (κ3) is 5.19. The molecule has 8 nitrogen and oxygen atoms in total. The minimum atomic E-state index is -3.52. The monoisotopic (exact) mass is 432 g/mol. The van der Waals surface area contributed by atoms with E-state index in [0.29, 0.717) is 50.2 Å². The molecule has 1 saturated heterocycles. The highest BCUT2D eigenvalue weighted by Crippen LogP contribution is 2.28. The van der Waals surface area contributed by atoms with Crippen LogP contribution in [0.5, 0.6) is 0 Å². The first-order valence-electron chi connectivity index (χ1n) is 10.3. The molecule has 1 fully saturated rings. The second-order valence-corrected chi connectivity index (χ2v) is 9.36. The number of benzene rings is 1. The standard InChI is InChI=1S/C21H28N4O4S/c1-3-28-13-5-11-23-21-19(14-22)24-20(29-21)17-7-9-18(10-8-17)30(26,27)25-12-4-6-16(2)15-25/h7-10,16,23H,3-6,11-13,15H2,1-2H3/t16-/m1/s1. The Labute approximate surface area is 177 Å². The minimum absolute atomic E-state index is 0.167. The van der Waals surface area contributed by atoms with Crippen molar-refractivity contribution in [3.8, 4) is 17.5 Å². The average Bonchev–Trinajstić information content (AvgIpc) is 3.17. The van der Waals surface area contributed by atoms with Crippen molar-refractivity contribution in [3.05, 3.63) is 30.0 Å². The lowest BCUT2D eigenvalue weighted by Crippen LogP contribution is -2.39. The van der Waals surface area contributed by atoms with Crippen LogP contribution < -0.4 is 5.32 Å². The first kappa shape index (κ1) is 22.3. The molecule has 30 heavy (non-hydrogen) atoms. The summed E-state index contributed by atoms with van der Waals surface area (Å²) in [4.78, 5) is 4.48. The largest absolute Gasteiger partial charge is 0.419 e. The van der Waals surface area contributed by atoms with Gasteiger partial charge in [0.1, 0.15) is 6.07 Å². The molecule has 2 aromatic rings. The molecule has 0 saturated carbocycles. The van der Waals surface area contributed by atoms with Gasteiger partial charge >= 0.3 is 0 Å². The summed E-state index contributed by atoms with van der Waals surface area (Å²) in [5.74, 6) is 0.946. The zero-order chi connectivity index (χ0) is 21.6. The molecule has 1 atom stereocenters. The van der Waals surface area contributed by atoms with Crippen molar-refractivity contribution in [3.63, 3.8) is 0 Å². The van der Waals surface area contributed by atoms with Gasteiger partial charge in [-0.15, -0.1) is 0 Å². The summed E-state index contributed by atoms with van der Waals surface area (Å²) in [7, 11) is -3.52. The molecule has 0 amide bonds. The number of oxazole rings is 1. The van der Waals surface area contributed by atoms with Gasteiger partial charge in [-0.2, -0.15) is 14.6 Å². The van der Waals surface area contributed by atoms with Crippen molar-refractivity contribution < 1.29 is 17.6 Å². The van der Waals surface area contributed by atoms with E-state index >= 15 is 0 Å². The lowest BCUT2D eigenvalue weighted by Gasteiger charge is -2.30. The van der Waals surface area contributed by atoms with Gasteiger partial charge in [-0.25, -0.2) is 8.42 Å². The van der Waals surface area contributed by atoms with E-state index in [9.17, 15) is 13.7 Å². The number of nitrogens with zero attached hydrogens (tertiary/aromatic N) is 3. The van der Waals surface area contributed by atoms with Gasteiger partial charge in [0, 0.05) is 38.4 Å². The van der Waals surface area contributed by atoms with Crippen molar-refractivity contribution in [2.75, 3.05) is 38.2 Å². The fourth-order valence-electron chi connectivity index (χ4n) is 3.44. The van der Waals surface area contributed by atoms with E-state index in [1.807, 2.05) is 13.0 Å². The highest BCUT2D eigenvalue weighted by molar-refractivity contribution is 7.89. The highest BCUT2D eigenvalue weighted by Gasteiger charge is 2.28. The second kappa shape index (κ2) is 10.1. The molecule has 1 aliphatic rings. The van der Waals surface area contributed by atoms with Gasteiger partial charge in [-0.1, -0.05) is 6.92 Å². The molecule has 1 aliphatic heterocycles. The Morgan fingerprint density at radius 1 is 1.37 bits per heavy atom. The third-order valence-corrected chi connectivity index (χ3v) is 6.93. The van der Waals surface area contributed by atoms with Crippen LogP contribution in [-0.2, 0) is 14.8 Å². The molecular formula is C21H28N4O4S. The van der Waals surface area contributed by atoms with Crippen molar-refractivity contribution >= 4 is 15.9 Å². The van der Waals surface area contributed by atoms with Gasteiger partial charge < -0.3 is 14.5 Å². The number of hydrogen-bond donors (Lipinski definition) is 1. The zero-order valence-electron chi connectivity index (χ0n) is 17.4. The SMILES string of the molecule is CCOCCCNc1oc(-c2ccc(S(=O)(=O)N3CCC[C@@H](C)C3)cc2)nc1C#N. The smallest absolute Gasteiger partial charge is 0.243 e. The lowest BCUT2D eigenvalue weighted by atomic mass is 10.0. The number of ether oxygens (including phenoxy) is 1. The summed E-state index contributed by atoms with van der Waals surface area (Å²) in [6.07, 6.45) is 2.71. The van der Waals surface area contributed by atoms with Crippen LogP contribution in [0.4, 0.5) is 5.88 Å². The van der Waals surface area contributed by atoms with E-state index in [1.165, 1.54) is 0 Å². The van der Waals surface area contributed by atoms with Crippen LogP contribution in [-0.4, -0.2) is 50.6 Å². The highest BCUT2D eigenvalue weighted by atomic mass is 32.2. The molecule has 9 heteroatoms. The Kier molecular flexibility index (Phi) is 7.48. The quantitative estimate of drug-likeness (QED) is 0.604. The van der Waals surface area contributed by atoms with Crippen LogP contribution in [0.25, 0.3) is 11.5 Å². The van der Waals surface area contributed by atoms with Crippen LogP contribution >= 0.6 is 0 Å². The molecule has 0 aliphatic carbocycles. The average molecular weight is 433 g/mol. The Balaban J connectivity index is 1.72. The number of nitriles is 1. The van der Waals surface area contributed by atoms with E-state index in [4.69, 9.17) is 9.15 Å². The number of piperidine rings is 1. The topological polar surface area (TPSA) is 108 Å². The summed E-state index contributed by atoms with van der Waals surface area (Å²) in [5, 5.41) is 12.4. The maximum atomic E-state index is 12.9. The molecule has 162 valence electrons. The molecule has 1 N–H and O–H groups in total. The van der Waals surface area contributed by atoms with Crippen molar-refractivity contribution in [2.24, 2.45) is 5.92 Å². The maximum Gasteiger partial charge on any atom is 0.243 e. The molecular weight excluding hydrogens is 404 g/mol. The molecule has 1 aromatic heterocycles. The van der Waals surface area contributed by atoms with E-state index in [1.54, 1.807) is 28.6 Å². The summed E-state index contributed by atoms with van der Waals surface area (Å²) in [5.41, 5.74) is 0.778. The van der Waals surface area contributed by atoms with E-state index in [-0.39, 0.29) is 16.5 Å². The molecule has 3 rings (SSSR count). The van der Waals surface area contributed by atoms with Crippen LogP contribution in [0.15, 0.2) is 33.6 Å². The molecule has 0 radical (unpaired) electrons. The first-order chi connectivity index (χ1) is 14.5. The van der Waals surface area contributed by atoms with Gasteiger partial charge in [0.2, 0.25) is 27.5 Å². The van der Waals surface area contributed by atoms with Crippen LogP contribution in [0.3, 0.4) is 0 Å². The summed E-state index contributed by atoms with van der Waals surface area (Å²) in [6, 6.07) is 8.47. The Morgan fingerprint density at radius 3 is 2.80 bits per heavy atom. The van der Waals surface area contributed by atoms with Gasteiger partial charge in [0.25, 0.3) is 0 Å². The van der Waals surface area contributed by atoms with E-state index in [2.05, 4.69) is 17.2 Å². The Bertz CT molecular complexity index is 979. The predicted octanol–water partition coefficient (Wildman–Crippen LogP) is 3.47. The van der Waals surface area contributed by atoms with Crippen molar-refractivity contribution in [1.29, 1.82) is 5.26 Å². The summed E-state index contributed by atoms with van der Waals surface area (Å²) >= 11 is 0. The first-order valence-corrected chi connectivity index (χ1v) is 11.7. The molecule has 0 unspecified atom stereocenters. The van der Waals surface area contributed by atoms with E-state index < -0.39 is 10.0 Å². The molecule has 0 bridgehead atoms. The van der Waals surface area contributed by atoms with Gasteiger partial charge in [0.05, 0.1) is 4.90 Å². The van der Waals surface area contributed by atoms with Gasteiger partial charge in [-0.05, 0) is 56.4 Å². The minimum Gasteiger partial charge on any atom is -0.419 e. The molecule has 0 spiro atoms. The number of nitrogens with one attached hydrogen (secondary N) is 1. The summed E-state index contributed by atoms with van der Waals surface area (Å²) < 4.78 is 38.4. The number of aromatic nitrogens is 1. The summed E-state index contributed by atoms with van der Waals surface area (Å²) in [6.45, 7) is 6.99. The van der Waals surface area contributed by atoms with Crippen LogP contribution in [0.2, 0.25) is 0 Å². The number of sulfonamides is 1. The van der Waals surface area contributed by atoms with Crippen molar-refractivity contribution in [2.45, 2.75) is 38.0 Å². The molecule has 2 heterocycles. The zero-order valence-corrected chi connectivity index (χ0v) is 18.2. The van der Waals surface area contributed by atoms with Gasteiger partial charge in [-0.3, -0.25) is 0 Å². The third-order valence-electron chi connectivity index (χ3n) is 5.05. The Morgan fingerprint density at radius 2 is 2.13 bits per heavy atom. The van der Waals surface area contributed by atoms with E-state index in [0.717, 1.165) is 19.3 Å². The lowest BCUT2D eigenvalue weighted by molar-refractivity contribution is 0.147. The fourth-order valence-corrected chi connectivity index (χ4v) is 5.04. The second-order valence-electron chi connectivity index (χ2n) is 7.42. The predicted molar refractivity (Wildman–Crippen MR) is 113 cm³/mol. The van der Waals surface area contributed by atoms with Crippen molar-refractivity contribution in [1.82, 2.24) is 9.29 Å². The normalized spacial score (nSPS) is 17.6. The Hall–Kier alpha value is -2.41. The maximum absolute atomic E-state index is 12.9. The van der Waals surface area contributed by atoms with Gasteiger partial charge in [0.15, 0.2) is 0 Å². The molecule has 1 aromatic carbocycles. The van der Waals surface area contributed by atoms with Crippen LogP contribution in [0.1, 0.15) is 38.8 Å².